The van der Waals surface area contributed by atoms with Gasteiger partial charge in [-0.05, 0) is 50.2 Å². The van der Waals surface area contributed by atoms with Crippen molar-refractivity contribution in [1.82, 2.24) is 4.90 Å². The van der Waals surface area contributed by atoms with Crippen LogP contribution in [0.15, 0.2) is 28.7 Å². The summed E-state index contributed by atoms with van der Waals surface area (Å²) in [5, 5.41) is 9.94. The minimum atomic E-state index is -0.407. The van der Waals surface area contributed by atoms with Gasteiger partial charge in [0.15, 0.2) is 0 Å². The average Bonchev–Trinajstić information content (AvgIpc) is 2.50. The minimum Gasteiger partial charge on any atom is -0.491 e. The molecule has 1 aromatic carbocycles. The first-order chi connectivity index (χ1) is 10.2. The molecule has 1 heterocycles. The molecule has 1 aromatic rings. The Kier molecular flexibility index (Phi) is 7.50. The van der Waals surface area contributed by atoms with Gasteiger partial charge in [0.1, 0.15) is 12.4 Å². The van der Waals surface area contributed by atoms with Crippen molar-refractivity contribution in [1.29, 1.82) is 0 Å². The topological polar surface area (TPSA) is 41.9 Å². The molecule has 1 aliphatic rings. The van der Waals surface area contributed by atoms with Gasteiger partial charge in [-0.25, -0.2) is 0 Å². The highest BCUT2D eigenvalue weighted by atomic mass is 79.9. The zero-order chi connectivity index (χ0) is 14.9. The number of halogens is 1. The number of nitrogens with zero attached hydrogens (tertiary/aromatic N) is 1. The Hall–Kier alpha value is -0.620. The van der Waals surface area contributed by atoms with Gasteiger partial charge < -0.3 is 19.5 Å². The molecule has 4 nitrogen and oxygen atoms in total. The Morgan fingerprint density at radius 1 is 1.10 bits per heavy atom. The molecule has 21 heavy (non-hydrogen) atoms. The van der Waals surface area contributed by atoms with E-state index in [0.29, 0.717) is 26.4 Å². The van der Waals surface area contributed by atoms with Crippen molar-refractivity contribution in [2.45, 2.75) is 25.4 Å². The zero-order valence-electron chi connectivity index (χ0n) is 12.3. The molecular formula is C16H24BrNO3. The van der Waals surface area contributed by atoms with Gasteiger partial charge in [0.25, 0.3) is 0 Å². The molecule has 0 saturated carbocycles. The molecule has 0 unspecified atom stereocenters. The number of ether oxygens (including phenoxy) is 2. The number of likely N-dealkylation sites (tertiary alicyclic amines) is 1. The number of benzene rings is 1. The van der Waals surface area contributed by atoms with Crippen LogP contribution in [0.2, 0.25) is 0 Å². The second kappa shape index (κ2) is 9.41. The van der Waals surface area contributed by atoms with Gasteiger partial charge in [-0.15, -0.1) is 0 Å². The monoisotopic (exact) mass is 357 g/mol. The number of hydrogen-bond acceptors (Lipinski definition) is 4. The van der Waals surface area contributed by atoms with E-state index < -0.39 is 6.10 Å². The summed E-state index contributed by atoms with van der Waals surface area (Å²) < 4.78 is 12.1. The van der Waals surface area contributed by atoms with Gasteiger partial charge in [0.2, 0.25) is 0 Å². The molecule has 0 radical (unpaired) electrons. The van der Waals surface area contributed by atoms with Crippen molar-refractivity contribution in [3.8, 4) is 5.75 Å². The van der Waals surface area contributed by atoms with E-state index in [2.05, 4.69) is 20.8 Å². The molecule has 0 bridgehead atoms. The number of rotatable bonds is 8. The highest BCUT2D eigenvalue weighted by Gasteiger charge is 2.14. The molecular weight excluding hydrogens is 334 g/mol. The molecule has 1 fully saturated rings. The van der Waals surface area contributed by atoms with Crippen LogP contribution in [0.3, 0.4) is 0 Å². The largest absolute Gasteiger partial charge is 0.491 e. The summed E-state index contributed by atoms with van der Waals surface area (Å²) >= 11 is 3.38. The normalized spacial score (nSPS) is 17.6. The van der Waals surface area contributed by atoms with E-state index in [1.807, 2.05) is 24.3 Å². The van der Waals surface area contributed by atoms with E-state index in [1.54, 1.807) is 0 Å². The first-order valence-electron chi connectivity index (χ1n) is 7.60. The summed E-state index contributed by atoms with van der Waals surface area (Å²) in [5.41, 5.74) is 0. The Balaban J connectivity index is 1.51. The van der Waals surface area contributed by atoms with Crippen molar-refractivity contribution < 1.29 is 14.6 Å². The maximum atomic E-state index is 9.94. The van der Waals surface area contributed by atoms with Crippen molar-refractivity contribution in [2.24, 2.45) is 0 Å². The minimum absolute atomic E-state index is 0.375. The third-order valence-corrected chi connectivity index (χ3v) is 4.07. The number of hydrogen-bond donors (Lipinski definition) is 1. The van der Waals surface area contributed by atoms with E-state index in [-0.39, 0.29) is 0 Å². The van der Waals surface area contributed by atoms with Crippen molar-refractivity contribution in [2.75, 3.05) is 39.5 Å². The molecule has 5 heteroatoms. The summed E-state index contributed by atoms with van der Waals surface area (Å²) in [5.74, 6) is 0.829. The van der Waals surface area contributed by atoms with Gasteiger partial charge in [-0.2, -0.15) is 0 Å². The Morgan fingerprint density at radius 3 is 2.52 bits per heavy atom. The van der Waals surface area contributed by atoms with E-state index in [0.717, 1.165) is 23.3 Å². The summed E-state index contributed by atoms with van der Waals surface area (Å²) in [4.78, 5) is 2.32. The van der Waals surface area contributed by atoms with Crippen molar-refractivity contribution in [3.63, 3.8) is 0 Å². The van der Waals surface area contributed by atoms with Crippen LogP contribution in [0, 0.1) is 0 Å². The maximum Gasteiger partial charge on any atom is 0.119 e. The lowest BCUT2D eigenvalue weighted by molar-refractivity contribution is 0.00533. The lowest BCUT2D eigenvalue weighted by Crippen LogP contribution is -2.38. The molecule has 0 amide bonds. The molecule has 118 valence electrons. The Morgan fingerprint density at radius 2 is 1.81 bits per heavy atom. The van der Waals surface area contributed by atoms with Gasteiger partial charge in [0.05, 0.1) is 19.3 Å². The predicted molar refractivity (Wildman–Crippen MR) is 86.8 cm³/mol. The second-order valence-corrected chi connectivity index (χ2v) is 6.31. The van der Waals surface area contributed by atoms with Crippen LogP contribution in [0.5, 0.6) is 5.75 Å². The Bertz CT molecular complexity index is 393. The molecule has 0 spiro atoms. The first kappa shape index (κ1) is 16.7. The fourth-order valence-corrected chi connectivity index (χ4v) is 2.73. The molecule has 0 aliphatic carbocycles. The predicted octanol–water partition coefficient (Wildman–Crippen LogP) is 2.69. The van der Waals surface area contributed by atoms with Crippen LogP contribution in [0.4, 0.5) is 0 Å². The molecule has 2 rings (SSSR count). The van der Waals surface area contributed by atoms with Gasteiger partial charge in [-0.1, -0.05) is 22.4 Å². The quantitative estimate of drug-likeness (QED) is 0.726. The van der Waals surface area contributed by atoms with Crippen LogP contribution in [-0.2, 0) is 4.74 Å². The van der Waals surface area contributed by atoms with Crippen LogP contribution in [-0.4, -0.2) is 55.6 Å². The summed E-state index contributed by atoms with van der Waals surface area (Å²) in [6, 6.07) is 7.71. The third-order valence-electron chi connectivity index (χ3n) is 3.54. The lowest BCUT2D eigenvalue weighted by Gasteiger charge is -2.28. The zero-order valence-corrected chi connectivity index (χ0v) is 13.9. The summed E-state index contributed by atoms with van der Waals surface area (Å²) in [6.45, 7) is 4.28. The number of aliphatic hydroxyl groups excluding tert-OH is 1. The molecule has 1 aliphatic heterocycles. The number of β-amino-alcohol motifs (C(OH)–C–C–N with tert-alkyl or cyclic N) is 1. The van der Waals surface area contributed by atoms with Crippen LogP contribution in [0.1, 0.15) is 19.3 Å². The number of piperidine rings is 1. The van der Waals surface area contributed by atoms with E-state index >= 15 is 0 Å². The molecule has 1 saturated heterocycles. The van der Waals surface area contributed by atoms with E-state index in [9.17, 15) is 5.11 Å². The summed E-state index contributed by atoms with van der Waals surface area (Å²) in [7, 11) is 0. The van der Waals surface area contributed by atoms with Gasteiger partial charge in [-0.3, -0.25) is 0 Å². The van der Waals surface area contributed by atoms with Crippen molar-refractivity contribution in [3.05, 3.63) is 28.7 Å². The van der Waals surface area contributed by atoms with Gasteiger partial charge >= 0.3 is 0 Å². The average molecular weight is 358 g/mol. The lowest BCUT2D eigenvalue weighted by atomic mass is 10.1. The van der Waals surface area contributed by atoms with Crippen LogP contribution in [0.25, 0.3) is 0 Å². The summed E-state index contributed by atoms with van der Waals surface area (Å²) in [6.07, 6.45) is 3.40. The second-order valence-electron chi connectivity index (χ2n) is 5.39. The fourth-order valence-electron chi connectivity index (χ4n) is 2.46. The van der Waals surface area contributed by atoms with Crippen LogP contribution < -0.4 is 4.74 Å². The Labute approximate surface area is 135 Å². The molecule has 0 aromatic heterocycles. The van der Waals surface area contributed by atoms with E-state index in [1.165, 1.54) is 19.3 Å². The maximum absolute atomic E-state index is 9.94. The smallest absolute Gasteiger partial charge is 0.119 e. The first-order valence-corrected chi connectivity index (χ1v) is 8.40. The van der Waals surface area contributed by atoms with Gasteiger partial charge in [0, 0.05) is 11.0 Å². The highest BCUT2D eigenvalue weighted by Crippen LogP contribution is 2.15. The molecule has 1 N–H and O–H groups in total. The van der Waals surface area contributed by atoms with E-state index in [4.69, 9.17) is 9.47 Å². The van der Waals surface area contributed by atoms with Crippen molar-refractivity contribution >= 4 is 15.9 Å². The van der Waals surface area contributed by atoms with Crippen LogP contribution >= 0.6 is 15.9 Å². The molecule has 1 atom stereocenters. The SMILES string of the molecule is O[C@@H](COCCOc1ccc(Br)cc1)CN1CCCCC1. The number of aliphatic hydroxyl groups is 1. The third kappa shape index (κ3) is 6.78. The fraction of sp³-hybridized carbons (Fsp3) is 0.625. The standard InChI is InChI=1S/C16H24BrNO3/c17-14-4-6-16(7-5-14)21-11-10-20-13-15(19)12-18-8-2-1-3-9-18/h4-7,15,19H,1-3,8-13H2/t15-/m1/s1. The highest BCUT2D eigenvalue weighted by molar-refractivity contribution is 9.10.